The molecule has 1 aromatic carbocycles. The Labute approximate surface area is 113 Å². The van der Waals surface area contributed by atoms with Crippen LogP contribution < -0.4 is 5.43 Å². The van der Waals surface area contributed by atoms with E-state index in [1.807, 2.05) is 22.9 Å². The molecular weight excluding hydrogens is 389 g/mol. The molecule has 2 rings (SSSR count). The van der Waals surface area contributed by atoms with E-state index in [0.717, 1.165) is 4.47 Å². The van der Waals surface area contributed by atoms with Crippen LogP contribution in [0.5, 0.6) is 0 Å². The van der Waals surface area contributed by atoms with Crippen LogP contribution in [0, 0.1) is 0 Å². The molecule has 0 aliphatic heterocycles. The van der Waals surface area contributed by atoms with Crippen LogP contribution in [0.3, 0.4) is 0 Å². The second kappa shape index (κ2) is 4.17. The Morgan fingerprint density at radius 3 is 2.75 bits per heavy atom. The first-order chi connectivity index (χ1) is 7.50. The summed E-state index contributed by atoms with van der Waals surface area (Å²) < 4.78 is 2.44. The number of pyridine rings is 1. The van der Waals surface area contributed by atoms with Crippen molar-refractivity contribution < 1.29 is 9.90 Å². The Hall–Kier alpha value is -0.890. The Kier molecular flexibility index (Phi) is 3.02. The first-order valence-electron chi connectivity index (χ1n) is 4.25. The lowest BCUT2D eigenvalue weighted by Gasteiger charge is -2.05. The minimum Gasteiger partial charge on any atom is -0.477 e. The van der Waals surface area contributed by atoms with Crippen LogP contribution in [0.2, 0.25) is 0 Å². The van der Waals surface area contributed by atoms with Crippen molar-refractivity contribution in [3.05, 3.63) is 44.7 Å². The van der Waals surface area contributed by atoms with Gasteiger partial charge in [0.15, 0.2) is 0 Å². The van der Waals surface area contributed by atoms with Crippen molar-refractivity contribution in [1.82, 2.24) is 2.78 Å². The summed E-state index contributed by atoms with van der Waals surface area (Å²) in [5, 5.41) is 9.28. The molecule has 0 aliphatic carbocycles. The normalized spacial score (nSPS) is 10.6. The molecule has 0 aliphatic rings. The third-order valence-electron chi connectivity index (χ3n) is 2.15. The number of aromatic nitrogens is 1. The van der Waals surface area contributed by atoms with E-state index in [-0.39, 0.29) is 5.56 Å². The van der Waals surface area contributed by atoms with Crippen molar-refractivity contribution in [2.45, 2.75) is 0 Å². The molecular formula is C10H5BrINO3. The van der Waals surface area contributed by atoms with Crippen LogP contribution in [-0.4, -0.2) is 13.9 Å². The number of fused-ring (bicyclic) bond motifs is 1. The van der Waals surface area contributed by atoms with Gasteiger partial charge in [-0.3, -0.25) is 7.58 Å². The van der Waals surface area contributed by atoms with Gasteiger partial charge in [0, 0.05) is 16.1 Å². The predicted octanol–water partition coefficient (Wildman–Crippen LogP) is 2.66. The second-order valence-electron chi connectivity index (χ2n) is 3.15. The molecule has 82 valence electrons. The number of aromatic carboxylic acids is 1. The first kappa shape index (κ1) is 11.6. The van der Waals surface area contributed by atoms with Gasteiger partial charge in [0.2, 0.25) is 5.43 Å². The van der Waals surface area contributed by atoms with Crippen LogP contribution >= 0.6 is 38.8 Å². The third-order valence-corrected chi connectivity index (χ3v) is 3.44. The van der Waals surface area contributed by atoms with Crippen molar-refractivity contribution in [3.63, 3.8) is 0 Å². The molecule has 6 heteroatoms. The Balaban J connectivity index is 2.96. The van der Waals surface area contributed by atoms with Crippen molar-refractivity contribution >= 4 is 55.7 Å². The number of hydrogen-bond acceptors (Lipinski definition) is 2. The van der Waals surface area contributed by atoms with Crippen molar-refractivity contribution in [2.75, 3.05) is 0 Å². The quantitative estimate of drug-likeness (QED) is 0.758. The number of carbonyl (C=O) groups is 1. The van der Waals surface area contributed by atoms with Gasteiger partial charge < -0.3 is 5.11 Å². The maximum absolute atomic E-state index is 11.8. The maximum atomic E-state index is 11.8. The Morgan fingerprint density at radius 2 is 2.12 bits per heavy atom. The van der Waals surface area contributed by atoms with Gasteiger partial charge in [0.25, 0.3) is 0 Å². The number of nitrogens with zero attached hydrogens (tertiary/aromatic N) is 1. The van der Waals surface area contributed by atoms with Gasteiger partial charge in [0.05, 0.1) is 28.4 Å². The molecule has 1 aromatic heterocycles. The molecule has 0 radical (unpaired) electrons. The molecule has 16 heavy (non-hydrogen) atoms. The summed E-state index contributed by atoms with van der Waals surface area (Å²) in [4.78, 5) is 22.7. The number of halogens is 2. The van der Waals surface area contributed by atoms with Crippen molar-refractivity contribution in [3.8, 4) is 0 Å². The highest BCUT2D eigenvalue weighted by molar-refractivity contribution is 14.1. The molecule has 0 saturated carbocycles. The molecule has 0 fully saturated rings. The van der Waals surface area contributed by atoms with Crippen LogP contribution in [0.1, 0.15) is 10.4 Å². The van der Waals surface area contributed by atoms with Gasteiger partial charge >= 0.3 is 5.97 Å². The molecule has 0 amide bonds. The molecule has 0 bridgehead atoms. The zero-order chi connectivity index (χ0) is 11.9. The van der Waals surface area contributed by atoms with E-state index in [4.69, 9.17) is 5.11 Å². The summed E-state index contributed by atoms with van der Waals surface area (Å²) in [7, 11) is 0. The Morgan fingerprint density at radius 1 is 1.44 bits per heavy atom. The molecule has 0 unspecified atom stereocenters. The minimum atomic E-state index is -1.21. The number of benzene rings is 1. The zero-order valence-electron chi connectivity index (χ0n) is 7.78. The van der Waals surface area contributed by atoms with Gasteiger partial charge in [-0.25, -0.2) is 4.79 Å². The fourth-order valence-electron chi connectivity index (χ4n) is 1.41. The highest BCUT2D eigenvalue weighted by atomic mass is 127. The lowest BCUT2D eigenvalue weighted by molar-refractivity contribution is 0.0695. The predicted molar refractivity (Wildman–Crippen MR) is 72.3 cm³/mol. The van der Waals surface area contributed by atoms with Crippen LogP contribution in [0.15, 0.2) is 33.7 Å². The van der Waals surface area contributed by atoms with Crippen LogP contribution in [-0.2, 0) is 0 Å². The lowest BCUT2D eigenvalue weighted by atomic mass is 10.1. The monoisotopic (exact) mass is 393 g/mol. The Bertz CT molecular complexity index is 650. The summed E-state index contributed by atoms with van der Waals surface area (Å²) in [6.45, 7) is 0. The van der Waals surface area contributed by atoms with E-state index in [1.165, 1.54) is 6.20 Å². The number of hydrogen-bond donors (Lipinski definition) is 1. The molecule has 1 N–H and O–H groups in total. The summed E-state index contributed by atoms with van der Waals surface area (Å²) in [6.07, 6.45) is 1.32. The number of rotatable bonds is 1. The van der Waals surface area contributed by atoms with Gasteiger partial charge in [-0.2, -0.15) is 0 Å². The largest absolute Gasteiger partial charge is 0.477 e. The molecule has 0 spiro atoms. The van der Waals surface area contributed by atoms with Crippen molar-refractivity contribution in [1.29, 1.82) is 0 Å². The van der Waals surface area contributed by atoms with E-state index >= 15 is 0 Å². The zero-order valence-corrected chi connectivity index (χ0v) is 11.5. The first-order valence-corrected chi connectivity index (χ1v) is 6.01. The van der Waals surface area contributed by atoms with Gasteiger partial charge in [-0.1, -0.05) is 15.9 Å². The van der Waals surface area contributed by atoms with E-state index in [0.29, 0.717) is 10.9 Å². The van der Waals surface area contributed by atoms with Gasteiger partial charge in [-0.15, -0.1) is 0 Å². The molecule has 0 saturated heterocycles. The standard InChI is InChI=1S/C10H5BrINO3/c11-5-1-2-6-8(3-5)13(12)4-7(9(6)14)10(15)16/h1-4H,(H,15,16). The molecule has 2 aromatic rings. The van der Waals surface area contributed by atoms with E-state index in [2.05, 4.69) is 15.9 Å². The molecule has 4 nitrogen and oxygen atoms in total. The fourth-order valence-corrected chi connectivity index (χ4v) is 2.44. The topological polar surface area (TPSA) is 59.3 Å². The molecule has 0 atom stereocenters. The van der Waals surface area contributed by atoms with E-state index < -0.39 is 11.4 Å². The summed E-state index contributed by atoms with van der Waals surface area (Å²) in [5.41, 5.74) is 0.0112. The third kappa shape index (κ3) is 1.86. The van der Waals surface area contributed by atoms with Crippen LogP contribution in [0.25, 0.3) is 10.9 Å². The van der Waals surface area contributed by atoms with Gasteiger partial charge in [0.1, 0.15) is 5.56 Å². The lowest BCUT2D eigenvalue weighted by Crippen LogP contribution is -2.16. The summed E-state index contributed by atoms with van der Waals surface area (Å²) in [6, 6.07) is 5.10. The highest BCUT2D eigenvalue weighted by Crippen LogP contribution is 2.19. The SMILES string of the molecule is O=C(O)c1cn(I)c2cc(Br)ccc2c1=O. The summed E-state index contributed by atoms with van der Waals surface area (Å²) in [5.74, 6) is -1.21. The number of carboxylic acid groups (broad SMARTS) is 1. The smallest absolute Gasteiger partial charge is 0.341 e. The minimum absolute atomic E-state index is 0.218. The van der Waals surface area contributed by atoms with Crippen LogP contribution in [0.4, 0.5) is 0 Å². The average molecular weight is 394 g/mol. The van der Waals surface area contributed by atoms with E-state index in [9.17, 15) is 9.59 Å². The highest BCUT2D eigenvalue weighted by Gasteiger charge is 2.13. The van der Waals surface area contributed by atoms with Gasteiger partial charge in [-0.05, 0) is 18.2 Å². The molecule has 1 heterocycles. The second-order valence-corrected chi connectivity index (χ2v) is 5.10. The van der Waals surface area contributed by atoms with Crippen molar-refractivity contribution in [2.24, 2.45) is 0 Å². The maximum Gasteiger partial charge on any atom is 0.341 e. The summed E-state index contributed by atoms with van der Waals surface area (Å²) >= 11 is 5.25. The average Bonchev–Trinajstić information content (AvgIpc) is 2.22. The fraction of sp³-hybridized carbons (Fsp3) is 0. The van der Waals surface area contributed by atoms with E-state index in [1.54, 1.807) is 21.0 Å². The number of carboxylic acids is 1.